The third-order valence-corrected chi connectivity index (χ3v) is 6.73. The molecule has 0 spiro atoms. The summed E-state index contributed by atoms with van der Waals surface area (Å²) in [5, 5.41) is 8.96. The lowest BCUT2D eigenvalue weighted by molar-refractivity contribution is 0.0697. The second-order valence-electron chi connectivity index (χ2n) is 6.24. The van der Waals surface area contributed by atoms with Crippen LogP contribution in [0.3, 0.4) is 0 Å². The first-order valence-electron chi connectivity index (χ1n) is 8.07. The van der Waals surface area contributed by atoms with Crippen LogP contribution in [0.2, 0.25) is 0 Å². The van der Waals surface area contributed by atoms with Gasteiger partial charge in [0.05, 0.1) is 5.56 Å². The maximum Gasteiger partial charge on any atom is 0.335 e. The van der Waals surface area contributed by atoms with E-state index in [1.165, 1.54) is 0 Å². The Morgan fingerprint density at radius 3 is 2.22 bits per heavy atom. The maximum absolute atomic E-state index is 12.7. The number of benzene rings is 1. The third kappa shape index (κ3) is 3.41. The molecule has 2 aliphatic rings. The molecule has 23 heavy (non-hydrogen) atoms. The quantitative estimate of drug-likeness (QED) is 0.909. The molecule has 1 N–H and O–H groups in total. The Labute approximate surface area is 136 Å². The fourth-order valence-corrected chi connectivity index (χ4v) is 5.18. The van der Waals surface area contributed by atoms with Crippen molar-refractivity contribution in [2.45, 2.75) is 31.6 Å². The molecule has 2 saturated heterocycles. The highest BCUT2D eigenvalue weighted by atomic mass is 32.2. The van der Waals surface area contributed by atoms with Gasteiger partial charge in [-0.1, -0.05) is 12.1 Å². The lowest BCUT2D eigenvalue weighted by Crippen LogP contribution is -2.46. The fourth-order valence-electron chi connectivity index (χ4n) is 3.40. The normalized spacial score (nSPS) is 23.9. The standard InChI is InChI=1S/C16H22N2O4S/c19-16(20)14-7-5-13(6-8-14)15-4-3-11-18(12-15)23(21,22)17-9-1-2-10-17/h5-8,15H,1-4,9-12H2,(H,19,20). The molecule has 3 rings (SSSR count). The van der Waals surface area contributed by atoms with Gasteiger partial charge in [0.1, 0.15) is 0 Å². The molecular weight excluding hydrogens is 316 g/mol. The molecule has 0 aliphatic carbocycles. The number of aromatic carboxylic acids is 1. The predicted octanol–water partition coefficient (Wildman–Crippen LogP) is 1.90. The minimum absolute atomic E-state index is 0.129. The van der Waals surface area contributed by atoms with E-state index in [2.05, 4.69) is 0 Å². The number of piperidine rings is 1. The predicted molar refractivity (Wildman–Crippen MR) is 86.7 cm³/mol. The Morgan fingerprint density at radius 2 is 1.61 bits per heavy atom. The average Bonchev–Trinajstić information content (AvgIpc) is 3.10. The van der Waals surface area contributed by atoms with Gasteiger partial charge in [0.15, 0.2) is 0 Å². The van der Waals surface area contributed by atoms with Crippen LogP contribution in [0.5, 0.6) is 0 Å². The van der Waals surface area contributed by atoms with E-state index in [9.17, 15) is 13.2 Å². The molecule has 0 aromatic heterocycles. The van der Waals surface area contributed by atoms with Gasteiger partial charge < -0.3 is 5.11 Å². The molecule has 0 amide bonds. The van der Waals surface area contributed by atoms with E-state index in [-0.39, 0.29) is 11.5 Å². The summed E-state index contributed by atoms with van der Waals surface area (Å²) in [5.41, 5.74) is 1.27. The van der Waals surface area contributed by atoms with Crippen LogP contribution in [0.25, 0.3) is 0 Å². The fraction of sp³-hybridized carbons (Fsp3) is 0.562. The third-order valence-electron chi connectivity index (χ3n) is 4.73. The second-order valence-corrected chi connectivity index (χ2v) is 8.17. The largest absolute Gasteiger partial charge is 0.478 e. The molecular formula is C16H22N2O4S. The number of rotatable bonds is 4. The Balaban J connectivity index is 1.74. The van der Waals surface area contributed by atoms with Crippen molar-refractivity contribution >= 4 is 16.2 Å². The number of carboxylic acid groups (broad SMARTS) is 1. The van der Waals surface area contributed by atoms with Gasteiger partial charge >= 0.3 is 5.97 Å². The summed E-state index contributed by atoms with van der Waals surface area (Å²) in [4.78, 5) is 10.9. The Morgan fingerprint density at radius 1 is 1.00 bits per heavy atom. The lowest BCUT2D eigenvalue weighted by Gasteiger charge is -2.34. The SMILES string of the molecule is O=C(O)c1ccc(C2CCCN(S(=O)(=O)N3CCCC3)C2)cc1. The van der Waals surface area contributed by atoms with E-state index < -0.39 is 16.2 Å². The van der Waals surface area contributed by atoms with Crippen molar-refractivity contribution in [1.82, 2.24) is 8.61 Å². The van der Waals surface area contributed by atoms with Gasteiger partial charge in [-0.05, 0) is 49.3 Å². The van der Waals surface area contributed by atoms with E-state index in [0.29, 0.717) is 26.2 Å². The summed E-state index contributed by atoms with van der Waals surface area (Å²) in [6, 6.07) is 6.79. The molecule has 6 nitrogen and oxygen atoms in total. The zero-order chi connectivity index (χ0) is 16.4. The summed E-state index contributed by atoms with van der Waals surface area (Å²) in [6.45, 7) is 2.29. The van der Waals surface area contributed by atoms with Crippen LogP contribution in [0.4, 0.5) is 0 Å². The first-order chi connectivity index (χ1) is 11.0. The molecule has 0 bridgehead atoms. The van der Waals surface area contributed by atoms with E-state index in [4.69, 9.17) is 5.11 Å². The number of hydrogen-bond acceptors (Lipinski definition) is 3. The van der Waals surface area contributed by atoms with Crippen LogP contribution >= 0.6 is 0 Å². The van der Waals surface area contributed by atoms with Gasteiger partial charge in [-0.3, -0.25) is 0 Å². The second kappa shape index (κ2) is 6.59. The van der Waals surface area contributed by atoms with E-state index in [1.807, 2.05) is 0 Å². The number of carbonyl (C=O) groups is 1. The molecule has 2 aliphatic heterocycles. The van der Waals surface area contributed by atoms with E-state index >= 15 is 0 Å². The summed E-state index contributed by atoms with van der Waals surface area (Å²) in [7, 11) is -3.35. The first-order valence-corrected chi connectivity index (χ1v) is 9.46. The highest BCUT2D eigenvalue weighted by Gasteiger charge is 2.35. The summed E-state index contributed by atoms with van der Waals surface area (Å²) in [6.07, 6.45) is 3.64. The van der Waals surface area contributed by atoms with Crippen molar-refractivity contribution in [3.05, 3.63) is 35.4 Å². The molecule has 0 radical (unpaired) electrons. The molecule has 2 heterocycles. The van der Waals surface area contributed by atoms with Gasteiger partial charge in [0.2, 0.25) is 0 Å². The van der Waals surface area contributed by atoms with Crippen LogP contribution in [-0.2, 0) is 10.2 Å². The Bertz CT molecular complexity index is 666. The summed E-state index contributed by atoms with van der Waals surface area (Å²) >= 11 is 0. The van der Waals surface area contributed by atoms with Crippen LogP contribution in [0.1, 0.15) is 47.5 Å². The average molecular weight is 338 g/mol. The Hall–Kier alpha value is -1.44. The van der Waals surface area contributed by atoms with Crippen LogP contribution in [0, 0.1) is 0 Å². The molecule has 1 unspecified atom stereocenters. The highest BCUT2D eigenvalue weighted by Crippen LogP contribution is 2.30. The van der Waals surface area contributed by atoms with Crippen molar-refractivity contribution in [2.75, 3.05) is 26.2 Å². The highest BCUT2D eigenvalue weighted by molar-refractivity contribution is 7.86. The number of carboxylic acids is 1. The van der Waals surface area contributed by atoms with Gasteiger partial charge in [0, 0.05) is 26.2 Å². The summed E-state index contributed by atoms with van der Waals surface area (Å²) < 4.78 is 28.5. The van der Waals surface area contributed by atoms with Crippen LogP contribution < -0.4 is 0 Å². The maximum atomic E-state index is 12.7. The zero-order valence-corrected chi connectivity index (χ0v) is 13.8. The molecule has 7 heteroatoms. The van der Waals surface area contributed by atoms with Gasteiger partial charge in [0.25, 0.3) is 10.2 Å². The van der Waals surface area contributed by atoms with Crippen molar-refractivity contribution in [2.24, 2.45) is 0 Å². The van der Waals surface area contributed by atoms with Crippen molar-refractivity contribution in [1.29, 1.82) is 0 Å². The molecule has 1 atom stereocenters. The molecule has 0 saturated carbocycles. The van der Waals surface area contributed by atoms with Crippen LogP contribution in [0.15, 0.2) is 24.3 Å². The topological polar surface area (TPSA) is 77.9 Å². The minimum Gasteiger partial charge on any atom is -0.478 e. The van der Waals surface area contributed by atoms with E-state index in [0.717, 1.165) is 31.2 Å². The van der Waals surface area contributed by atoms with Gasteiger partial charge in [-0.2, -0.15) is 17.0 Å². The monoisotopic (exact) mass is 338 g/mol. The zero-order valence-electron chi connectivity index (χ0n) is 13.0. The van der Waals surface area contributed by atoms with Gasteiger partial charge in [-0.15, -0.1) is 0 Å². The number of hydrogen-bond donors (Lipinski definition) is 1. The van der Waals surface area contributed by atoms with Gasteiger partial charge in [-0.25, -0.2) is 4.79 Å². The minimum atomic E-state index is -3.35. The smallest absolute Gasteiger partial charge is 0.335 e. The molecule has 1 aromatic rings. The van der Waals surface area contributed by atoms with E-state index in [1.54, 1.807) is 32.9 Å². The van der Waals surface area contributed by atoms with Crippen molar-refractivity contribution < 1.29 is 18.3 Å². The van der Waals surface area contributed by atoms with Crippen LogP contribution in [-0.4, -0.2) is 54.3 Å². The molecule has 1 aromatic carbocycles. The Kier molecular flexibility index (Phi) is 4.70. The lowest BCUT2D eigenvalue weighted by atomic mass is 9.91. The van der Waals surface area contributed by atoms with Crippen molar-refractivity contribution in [3.8, 4) is 0 Å². The molecule has 126 valence electrons. The molecule has 2 fully saturated rings. The first kappa shape index (κ1) is 16.4. The number of nitrogens with zero attached hydrogens (tertiary/aromatic N) is 2. The van der Waals surface area contributed by atoms with Crippen molar-refractivity contribution in [3.63, 3.8) is 0 Å². The summed E-state index contributed by atoms with van der Waals surface area (Å²) in [5.74, 6) is -0.817.